The Hall–Kier alpha value is -3.81. The number of nitrogen functional groups attached to an aromatic ring is 1. The number of carbonyl (C=O) groups is 1. The molecule has 0 aliphatic heterocycles. The maximum atomic E-state index is 12.9. The van der Waals surface area contributed by atoms with Crippen LogP contribution in [0.3, 0.4) is 0 Å². The fourth-order valence-corrected chi connectivity index (χ4v) is 3.71. The minimum atomic E-state index is -0.614. The fraction of sp³-hybridized carbons (Fsp3) is 0.292. The molecular formula is C24H29N5O3. The number of H-pyrrole nitrogens is 1. The van der Waals surface area contributed by atoms with Gasteiger partial charge in [-0.05, 0) is 37.0 Å². The van der Waals surface area contributed by atoms with Gasteiger partial charge in [0.2, 0.25) is 5.91 Å². The minimum Gasteiger partial charge on any atom is -0.383 e. The van der Waals surface area contributed by atoms with Gasteiger partial charge in [-0.3, -0.25) is 19.1 Å². The highest BCUT2D eigenvalue weighted by Gasteiger charge is 2.21. The van der Waals surface area contributed by atoms with E-state index in [1.807, 2.05) is 69.3 Å². The number of aromatic amines is 1. The zero-order chi connectivity index (χ0) is 23.3. The molecule has 0 spiro atoms. The second-order valence-corrected chi connectivity index (χ2v) is 7.59. The van der Waals surface area contributed by atoms with Crippen molar-refractivity contribution < 1.29 is 4.79 Å². The van der Waals surface area contributed by atoms with E-state index in [1.165, 1.54) is 4.57 Å². The summed E-state index contributed by atoms with van der Waals surface area (Å²) in [5.74, 6) is -0.238. The molecule has 8 nitrogen and oxygen atoms in total. The molecule has 0 aliphatic rings. The van der Waals surface area contributed by atoms with Crippen LogP contribution in [0.2, 0.25) is 0 Å². The first-order valence-electron chi connectivity index (χ1n) is 10.7. The van der Waals surface area contributed by atoms with Gasteiger partial charge in [-0.2, -0.15) is 0 Å². The lowest BCUT2D eigenvalue weighted by Crippen LogP contribution is -2.41. The molecule has 0 aliphatic carbocycles. The molecule has 4 N–H and O–H groups in total. The van der Waals surface area contributed by atoms with Crippen molar-refractivity contribution in [1.82, 2.24) is 9.55 Å². The van der Waals surface area contributed by atoms with Crippen molar-refractivity contribution in [3.63, 3.8) is 0 Å². The third-order valence-corrected chi connectivity index (χ3v) is 5.43. The largest absolute Gasteiger partial charge is 0.383 e. The number of anilines is 3. The van der Waals surface area contributed by atoms with Crippen LogP contribution in [0.1, 0.15) is 30.5 Å². The lowest BCUT2D eigenvalue weighted by Gasteiger charge is -2.24. The van der Waals surface area contributed by atoms with Crippen molar-refractivity contribution in [2.45, 2.75) is 33.7 Å². The molecule has 1 aromatic heterocycles. The Morgan fingerprint density at radius 3 is 2.47 bits per heavy atom. The first-order chi connectivity index (χ1) is 15.3. The summed E-state index contributed by atoms with van der Waals surface area (Å²) in [6.45, 7) is 6.28. The molecule has 0 saturated carbocycles. The quantitative estimate of drug-likeness (QED) is 0.503. The predicted molar refractivity (Wildman–Crippen MR) is 128 cm³/mol. The molecule has 3 aromatic rings. The van der Waals surface area contributed by atoms with E-state index in [1.54, 1.807) is 4.90 Å². The van der Waals surface area contributed by atoms with E-state index in [0.717, 1.165) is 28.8 Å². The van der Waals surface area contributed by atoms with Crippen LogP contribution in [0.15, 0.2) is 58.1 Å². The topological polar surface area (TPSA) is 113 Å². The van der Waals surface area contributed by atoms with Crippen molar-refractivity contribution in [3.8, 4) is 0 Å². The number of nitrogens with one attached hydrogen (secondary N) is 2. The van der Waals surface area contributed by atoms with Gasteiger partial charge in [0.1, 0.15) is 11.5 Å². The fourth-order valence-electron chi connectivity index (χ4n) is 3.71. The van der Waals surface area contributed by atoms with Crippen LogP contribution in [0.25, 0.3) is 0 Å². The van der Waals surface area contributed by atoms with E-state index in [4.69, 9.17) is 5.73 Å². The van der Waals surface area contributed by atoms with Gasteiger partial charge in [0, 0.05) is 12.2 Å². The van der Waals surface area contributed by atoms with Gasteiger partial charge in [0.15, 0.2) is 0 Å². The zero-order valence-electron chi connectivity index (χ0n) is 18.6. The van der Waals surface area contributed by atoms with Gasteiger partial charge in [0.25, 0.3) is 5.56 Å². The summed E-state index contributed by atoms with van der Waals surface area (Å²) in [5.41, 5.74) is 8.84. The van der Waals surface area contributed by atoms with E-state index in [-0.39, 0.29) is 30.5 Å². The summed E-state index contributed by atoms with van der Waals surface area (Å²) < 4.78 is 1.31. The van der Waals surface area contributed by atoms with Crippen LogP contribution in [-0.2, 0) is 17.8 Å². The number of hydrogen-bond donors (Lipinski definition) is 3. The molecular weight excluding hydrogens is 406 g/mol. The maximum absolute atomic E-state index is 12.9. The van der Waals surface area contributed by atoms with Crippen LogP contribution in [0.5, 0.6) is 0 Å². The molecule has 168 valence electrons. The highest BCUT2D eigenvalue weighted by Crippen LogP contribution is 2.22. The van der Waals surface area contributed by atoms with Gasteiger partial charge in [-0.25, -0.2) is 4.79 Å². The molecule has 32 heavy (non-hydrogen) atoms. The monoisotopic (exact) mass is 435 g/mol. The minimum absolute atomic E-state index is 0.0300. The molecule has 3 rings (SSSR count). The standard InChI is InChI=1S/C24H29N5O3/c1-4-18-13-9-10-16(3)20(18)26-19(30)15-28(5-2)21-22(25)29(24(32)27-23(21)31)14-17-11-7-6-8-12-17/h6-13H,4-5,14-15,25H2,1-3H3,(H,26,30)(H,27,31,32). The Kier molecular flexibility index (Phi) is 7.14. The van der Waals surface area contributed by atoms with Crippen molar-refractivity contribution in [3.05, 3.63) is 86.1 Å². The summed E-state index contributed by atoms with van der Waals surface area (Å²) >= 11 is 0. The van der Waals surface area contributed by atoms with Crippen molar-refractivity contribution >= 4 is 23.1 Å². The Bertz CT molecular complexity index is 1210. The molecule has 1 heterocycles. The van der Waals surface area contributed by atoms with E-state index in [9.17, 15) is 14.4 Å². The highest BCUT2D eigenvalue weighted by atomic mass is 16.2. The molecule has 0 unspecified atom stereocenters. The lowest BCUT2D eigenvalue weighted by molar-refractivity contribution is -0.115. The Balaban J connectivity index is 1.90. The summed E-state index contributed by atoms with van der Waals surface area (Å²) in [4.78, 5) is 41.8. The molecule has 0 atom stereocenters. The van der Waals surface area contributed by atoms with Crippen LogP contribution < -0.4 is 27.2 Å². The van der Waals surface area contributed by atoms with E-state index in [2.05, 4.69) is 10.3 Å². The number of nitrogens with zero attached hydrogens (tertiary/aromatic N) is 2. The smallest absolute Gasteiger partial charge is 0.330 e. The van der Waals surface area contributed by atoms with Gasteiger partial charge >= 0.3 is 5.69 Å². The number of hydrogen-bond acceptors (Lipinski definition) is 5. The van der Waals surface area contributed by atoms with Gasteiger partial charge in [-0.15, -0.1) is 0 Å². The molecule has 8 heteroatoms. The molecule has 0 bridgehead atoms. The number of aryl methyl sites for hydroxylation is 2. The van der Waals surface area contributed by atoms with Gasteiger partial charge < -0.3 is 16.0 Å². The second-order valence-electron chi connectivity index (χ2n) is 7.59. The summed E-state index contributed by atoms with van der Waals surface area (Å²) in [7, 11) is 0. The zero-order valence-corrected chi connectivity index (χ0v) is 18.6. The number of aromatic nitrogens is 2. The number of rotatable bonds is 8. The molecule has 0 fully saturated rings. The first kappa shape index (κ1) is 22.9. The normalized spacial score (nSPS) is 10.7. The number of amides is 1. The third-order valence-electron chi connectivity index (χ3n) is 5.43. The van der Waals surface area contributed by atoms with Crippen molar-refractivity contribution in [2.75, 3.05) is 29.0 Å². The summed E-state index contributed by atoms with van der Waals surface area (Å²) in [6.07, 6.45) is 0.784. The summed E-state index contributed by atoms with van der Waals surface area (Å²) in [5, 5.41) is 2.97. The van der Waals surface area contributed by atoms with E-state index >= 15 is 0 Å². The van der Waals surface area contributed by atoms with E-state index in [0.29, 0.717) is 6.54 Å². The number of benzene rings is 2. The number of para-hydroxylation sites is 1. The highest BCUT2D eigenvalue weighted by molar-refractivity contribution is 5.95. The van der Waals surface area contributed by atoms with Crippen LogP contribution in [0, 0.1) is 6.92 Å². The molecule has 0 radical (unpaired) electrons. The lowest BCUT2D eigenvalue weighted by atomic mass is 10.1. The Morgan fingerprint density at radius 2 is 1.81 bits per heavy atom. The second kappa shape index (κ2) is 10.00. The van der Waals surface area contributed by atoms with Crippen LogP contribution in [0.4, 0.5) is 17.2 Å². The first-order valence-corrected chi connectivity index (χ1v) is 10.7. The number of carbonyl (C=O) groups excluding carboxylic acids is 1. The Labute approximate surface area is 186 Å². The average molecular weight is 436 g/mol. The number of likely N-dealkylation sites (N-methyl/N-ethyl adjacent to an activating group) is 1. The van der Waals surface area contributed by atoms with Crippen LogP contribution in [-0.4, -0.2) is 28.5 Å². The van der Waals surface area contributed by atoms with E-state index < -0.39 is 11.2 Å². The maximum Gasteiger partial charge on any atom is 0.330 e. The third kappa shape index (κ3) is 4.91. The van der Waals surface area contributed by atoms with Crippen molar-refractivity contribution in [2.24, 2.45) is 0 Å². The Morgan fingerprint density at radius 1 is 1.09 bits per heavy atom. The molecule has 2 aromatic carbocycles. The SMILES string of the molecule is CCc1cccc(C)c1NC(=O)CN(CC)c1c(N)n(Cc2ccccc2)c(=O)[nH]c1=O. The van der Waals surface area contributed by atoms with Gasteiger partial charge in [0.05, 0.1) is 13.1 Å². The van der Waals surface area contributed by atoms with Crippen molar-refractivity contribution in [1.29, 1.82) is 0 Å². The van der Waals surface area contributed by atoms with Crippen LogP contribution >= 0.6 is 0 Å². The molecule has 0 saturated heterocycles. The molecule has 1 amide bonds. The average Bonchev–Trinajstić information content (AvgIpc) is 2.77. The number of nitrogens with two attached hydrogens (primary N) is 1. The van der Waals surface area contributed by atoms with Gasteiger partial charge in [-0.1, -0.05) is 55.5 Å². The predicted octanol–water partition coefficient (Wildman–Crippen LogP) is 2.50. The summed E-state index contributed by atoms with van der Waals surface area (Å²) in [6, 6.07) is 15.2.